The Bertz CT molecular complexity index is 372. The van der Waals surface area contributed by atoms with Crippen molar-refractivity contribution in [2.75, 3.05) is 0 Å². The Morgan fingerprint density at radius 1 is 1.24 bits per heavy atom. The molecular formula is C14H19F2N. The molecule has 1 aliphatic rings. The van der Waals surface area contributed by atoms with E-state index in [2.05, 4.69) is 6.92 Å². The molecule has 1 aliphatic carbocycles. The Labute approximate surface area is 101 Å². The molecular weight excluding hydrogens is 220 g/mol. The van der Waals surface area contributed by atoms with Crippen LogP contribution in [0.2, 0.25) is 0 Å². The minimum atomic E-state index is -0.522. The van der Waals surface area contributed by atoms with Crippen LogP contribution < -0.4 is 5.73 Å². The summed E-state index contributed by atoms with van der Waals surface area (Å²) in [6.07, 6.45) is 4.14. The molecule has 1 aromatic rings. The van der Waals surface area contributed by atoms with Gasteiger partial charge in [-0.2, -0.15) is 0 Å². The van der Waals surface area contributed by atoms with Crippen LogP contribution in [0.5, 0.6) is 0 Å². The molecule has 2 N–H and O–H groups in total. The second kappa shape index (κ2) is 5.13. The minimum Gasteiger partial charge on any atom is -0.327 e. The van der Waals surface area contributed by atoms with Gasteiger partial charge in [-0.25, -0.2) is 8.78 Å². The predicted molar refractivity (Wildman–Crippen MR) is 64.5 cm³/mol. The highest BCUT2D eigenvalue weighted by Crippen LogP contribution is 2.33. The van der Waals surface area contributed by atoms with Gasteiger partial charge in [-0.3, -0.25) is 0 Å². The normalized spacial score (nSPS) is 26.1. The lowest BCUT2D eigenvalue weighted by Crippen LogP contribution is -2.33. The average molecular weight is 239 g/mol. The molecule has 3 atom stereocenters. The largest absolute Gasteiger partial charge is 0.327 e. The van der Waals surface area contributed by atoms with Crippen molar-refractivity contribution >= 4 is 0 Å². The molecule has 2 rings (SSSR count). The lowest BCUT2D eigenvalue weighted by atomic mass is 9.87. The molecule has 0 aromatic heterocycles. The number of benzene rings is 1. The fraction of sp³-hybridized carbons (Fsp3) is 0.571. The molecule has 17 heavy (non-hydrogen) atoms. The summed E-state index contributed by atoms with van der Waals surface area (Å²) in [7, 11) is 0. The summed E-state index contributed by atoms with van der Waals surface area (Å²) in [5.41, 5.74) is 6.82. The first-order chi connectivity index (χ1) is 8.06. The maximum atomic E-state index is 13.1. The van der Waals surface area contributed by atoms with Crippen molar-refractivity contribution in [3.8, 4) is 0 Å². The summed E-state index contributed by atoms with van der Waals surface area (Å²) in [6, 6.07) is 3.66. The zero-order valence-corrected chi connectivity index (χ0v) is 10.1. The van der Waals surface area contributed by atoms with Gasteiger partial charge in [0.15, 0.2) is 0 Å². The van der Waals surface area contributed by atoms with Crippen molar-refractivity contribution in [3.05, 3.63) is 35.4 Å². The van der Waals surface area contributed by atoms with Crippen molar-refractivity contribution in [1.82, 2.24) is 0 Å². The SMILES string of the molecule is CC1CCCC1C(N)Cc1cc(F)cc(F)c1. The van der Waals surface area contributed by atoms with Crippen molar-refractivity contribution in [3.63, 3.8) is 0 Å². The molecule has 1 aromatic carbocycles. The van der Waals surface area contributed by atoms with Crippen LogP contribution in [0.3, 0.4) is 0 Å². The van der Waals surface area contributed by atoms with Gasteiger partial charge in [0.25, 0.3) is 0 Å². The first-order valence-electron chi connectivity index (χ1n) is 6.27. The van der Waals surface area contributed by atoms with E-state index in [1.54, 1.807) is 0 Å². The van der Waals surface area contributed by atoms with Gasteiger partial charge in [-0.1, -0.05) is 19.8 Å². The van der Waals surface area contributed by atoms with Crippen LogP contribution in [0, 0.1) is 23.5 Å². The standard InChI is InChI=1S/C14H19F2N/c1-9-3-2-4-13(9)14(17)7-10-5-11(15)8-12(16)6-10/h5-6,8-9,13-14H,2-4,7,17H2,1H3. The third-order valence-electron chi connectivity index (χ3n) is 3.87. The van der Waals surface area contributed by atoms with Crippen LogP contribution in [-0.4, -0.2) is 6.04 Å². The highest BCUT2D eigenvalue weighted by molar-refractivity contribution is 5.19. The number of hydrogen-bond acceptors (Lipinski definition) is 1. The number of rotatable bonds is 3. The first-order valence-corrected chi connectivity index (χ1v) is 6.27. The molecule has 94 valence electrons. The Kier molecular flexibility index (Phi) is 3.77. The first kappa shape index (κ1) is 12.5. The van der Waals surface area contributed by atoms with Gasteiger partial charge in [0.2, 0.25) is 0 Å². The van der Waals surface area contributed by atoms with Gasteiger partial charge in [0, 0.05) is 12.1 Å². The summed E-state index contributed by atoms with van der Waals surface area (Å²) < 4.78 is 26.1. The van der Waals surface area contributed by atoms with E-state index < -0.39 is 11.6 Å². The summed E-state index contributed by atoms with van der Waals surface area (Å²) in [5.74, 6) is 0.0723. The zero-order chi connectivity index (χ0) is 12.4. The van der Waals surface area contributed by atoms with Gasteiger partial charge in [-0.15, -0.1) is 0 Å². The molecule has 3 heteroatoms. The van der Waals surface area contributed by atoms with Crippen LogP contribution in [-0.2, 0) is 6.42 Å². The fourth-order valence-corrected chi connectivity index (χ4v) is 2.96. The Balaban J connectivity index is 2.04. The third-order valence-corrected chi connectivity index (χ3v) is 3.87. The maximum absolute atomic E-state index is 13.1. The van der Waals surface area contributed by atoms with Crippen LogP contribution in [0.1, 0.15) is 31.7 Å². The highest BCUT2D eigenvalue weighted by Gasteiger charge is 2.28. The Hall–Kier alpha value is -0.960. The molecule has 1 saturated carbocycles. The van der Waals surface area contributed by atoms with Crippen molar-refractivity contribution in [1.29, 1.82) is 0 Å². The van der Waals surface area contributed by atoms with Crippen molar-refractivity contribution in [2.24, 2.45) is 17.6 Å². The molecule has 0 aliphatic heterocycles. The van der Waals surface area contributed by atoms with E-state index in [-0.39, 0.29) is 6.04 Å². The lowest BCUT2D eigenvalue weighted by Gasteiger charge is -2.23. The second-order valence-electron chi connectivity index (χ2n) is 5.22. The third kappa shape index (κ3) is 3.03. The highest BCUT2D eigenvalue weighted by atomic mass is 19.1. The molecule has 0 spiro atoms. The minimum absolute atomic E-state index is 0.00806. The lowest BCUT2D eigenvalue weighted by molar-refractivity contribution is 0.343. The predicted octanol–water partition coefficient (Wildman–Crippen LogP) is 3.27. The van der Waals surface area contributed by atoms with Crippen LogP contribution in [0.15, 0.2) is 18.2 Å². The molecule has 1 fully saturated rings. The van der Waals surface area contributed by atoms with E-state index in [1.165, 1.54) is 25.0 Å². The van der Waals surface area contributed by atoms with Gasteiger partial charge in [0.1, 0.15) is 11.6 Å². The number of nitrogens with two attached hydrogens (primary N) is 1. The molecule has 0 radical (unpaired) electrons. The van der Waals surface area contributed by atoms with Gasteiger partial charge in [0.05, 0.1) is 0 Å². The maximum Gasteiger partial charge on any atom is 0.126 e. The summed E-state index contributed by atoms with van der Waals surface area (Å²) in [6.45, 7) is 2.21. The van der Waals surface area contributed by atoms with E-state index in [9.17, 15) is 8.78 Å². The van der Waals surface area contributed by atoms with Crippen LogP contribution in [0.4, 0.5) is 8.78 Å². The van der Waals surface area contributed by atoms with Gasteiger partial charge >= 0.3 is 0 Å². The van der Waals surface area contributed by atoms with Crippen molar-refractivity contribution in [2.45, 2.75) is 38.6 Å². The van der Waals surface area contributed by atoms with Gasteiger partial charge < -0.3 is 5.73 Å². The topological polar surface area (TPSA) is 26.0 Å². The Morgan fingerprint density at radius 2 is 1.88 bits per heavy atom. The zero-order valence-electron chi connectivity index (χ0n) is 10.1. The number of halogens is 2. The smallest absolute Gasteiger partial charge is 0.126 e. The molecule has 0 saturated heterocycles. The monoisotopic (exact) mass is 239 g/mol. The molecule has 0 heterocycles. The molecule has 3 unspecified atom stereocenters. The summed E-state index contributed by atoms with van der Waals surface area (Å²) >= 11 is 0. The van der Waals surface area contributed by atoms with E-state index in [0.29, 0.717) is 23.8 Å². The van der Waals surface area contributed by atoms with Crippen molar-refractivity contribution < 1.29 is 8.78 Å². The van der Waals surface area contributed by atoms with E-state index in [0.717, 1.165) is 12.5 Å². The van der Waals surface area contributed by atoms with E-state index in [4.69, 9.17) is 5.73 Å². The van der Waals surface area contributed by atoms with E-state index >= 15 is 0 Å². The van der Waals surface area contributed by atoms with Gasteiger partial charge in [-0.05, 0) is 42.4 Å². The van der Waals surface area contributed by atoms with Crippen LogP contribution in [0.25, 0.3) is 0 Å². The molecule has 0 amide bonds. The summed E-state index contributed by atoms with van der Waals surface area (Å²) in [4.78, 5) is 0. The summed E-state index contributed by atoms with van der Waals surface area (Å²) in [5, 5.41) is 0. The van der Waals surface area contributed by atoms with Crippen LogP contribution >= 0.6 is 0 Å². The number of hydrogen-bond donors (Lipinski definition) is 1. The average Bonchev–Trinajstić information content (AvgIpc) is 2.62. The quantitative estimate of drug-likeness (QED) is 0.860. The fourth-order valence-electron chi connectivity index (χ4n) is 2.96. The Morgan fingerprint density at radius 3 is 2.41 bits per heavy atom. The molecule has 0 bridgehead atoms. The van der Waals surface area contributed by atoms with E-state index in [1.807, 2.05) is 0 Å². The second-order valence-corrected chi connectivity index (χ2v) is 5.22. The molecule has 1 nitrogen and oxygen atoms in total.